The first-order valence-electron chi connectivity index (χ1n) is 5.90. The van der Waals surface area contributed by atoms with Crippen LogP contribution in [-0.2, 0) is 13.5 Å². The number of nitrogens with zero attached hydrogens (tertiary/aromatic N) is 2. The smallest absolute Gasteiger partial charge is 0.273 e. The second-order valence-corrected chi connectivity index (χ2v) is 4.18. The fourth-order valence-corrected chi connectivity index (χ4v) is 1.74. The van der Waals surface area contributed by atoms with E-state index in [9.17, 15) is 9.18 Å². The minimum Gasteiger partial charge on any atom is -0.397 e. The first-order chi connectivity index (χ1) is 9.01. The zero-order chi connectivity index (χ0) is 14.0. The molecule has 0 spiro atoms. The molecule has 0 unspecified atom stereocenters. The molecule has 0 aliphatic carbocycles. The molecule has 19 heavy (non-hydrogen) atoms. The molecule has 6 heteroatoms. The lowest BCUT2D eigenvalue weighted by Crippen LogP contribution is -2.17. The van der Waals surface area contributed by atoms with Crippen molar-refractivity contribution in [2.24, 2.45) is 7.05 Å². The second kappa shape index (κ2) is 5.09. The van der Waals surface area contributed by atoms with Crippen molar-refractivity contribution in [3.8, 4) is 0 Å². The average Bonchev–Trinajstić information content (AvgIpc) is 2.75. The number of nitrogens with two attached hydrogens (primary N) is 1. The molecule has 1 aromatic carbocycles. The molecule has 0 bridgehead atoms. The number of halogens is 1. The number of hydrogen-bond donors (Lipinski definition) is 2. The maximum Gasteiger partial charge on any atom is 0.273 e. The summed E-state index contributed by atoms with van der Waals surface area (Å²) in [6, 6.07) is 5.53. The molecule has 1 amide bonds. The van der Waals surface area contributed by atoms with E-state index in [1.807, 2.05) is 6.92 Å². The standard InChI is InChI=1S/C13H15FN4O/c1-3-9-7-12(18(2)17-9)13(19)16-11-6-8(14)4-5-10(11)15/h4-7H,3,15H2,1-2H3,(H,16,19). The molecule has 3 N–H and O–H groups in total. The van der Waals surface area contributed by atoms with Crippen LogP contribution in [0.5, 0.6) is 0 Å². The molecule has 0 radical (unpaired) electrons. The van der Waals surface area contributed by atoms with Gasteiger partial charge in [-0.3, -0.25) is 9.48 Å². The predicted molar refractivity (Wildman–Crippen MR) is 71.4 cm³/mol. The average molecular weight is 262 g/mol. The number of rotatable bonds is 3. The molecule has 2 rings (SSSR count). The van der Waals surface area contributed by atoms with Gasteiger partial charge in [0.1, 0.15) is 11.5 Å². The molecular weight excluding hydrogens is 247 g/mol. The molecule has 0 saturated carbocycles. The molecule has 0 saturated heterocycles. The minimum absolute atomic E-state index is 0.254. The Kier molecular flexibility index (Phi) is 3.50. The molecule has 100 valence electrons. The van der Waals surface area contributed by atoms with E-state index in [2.05, 4.69) is 10.4 Å². The lowest BCUT2D eigenvalue weighted by atomic mass is 10.2. The molecule has 0 atom stereocenters. The van der Waals surface area contributed by atoms with Gasteiger partial charge in [0.15, 0.2) is 0 Å². The van der Waals surface area contributed by atoms with E-state index >= 15 is 0 Å². The zero-order valence-corrected chi connectivity index (χ0v) is 10.8. The van der Waals surface area contributed by atoms with Gasteiger partial charge in [-0.05, 0) is 30.7 Å². The Balaban J connectivity index is 2.25. The maximum atomic E-state index is 13.1. The van der Waals surface area contributed by atoms with Gasteiger partial charge < -0.3 is 11.1 Å². The molecule has 0 aliphatic heterocycles. The van der Waals surface area contributed by atoms with Crippen LogP contribution in [0, 0.1) is 5.82 Å². The van der Waals surface area contributed by atoms with Crippen LogP contribution in [0.2, 0.25) is 0 Å². The number of nitrogens with one attached hydrogen (secondary N) is 1. The number of aromatic nitrogens is 2. The van der Waals surface area contributed by atoms with Gasteiger partial charge in [0, 0.05) is 7.05 Å². The van der Waals surface area contributed by atoms with Crippen LogP contribution in [0.1, 0.15) is 23.1 Å². The summed E-state index contributed by atoms with van der Waals surface area (Å²) < 4.78 is 14.6. The summed E-state index contributed by atoms with van der Waals surface area (Å²) in [5.74, 6) is -0.823. The van der Waals surface area contributed by atoms with Gasteiger partial charge in [-0.2, -0.15) is 5.10 Å². The van der Waals surface area contributed by atoms with Gasteiger partial charge in [0.25, 0.3) is 5.91 Å². The van der Waals surface area contributed by atoms with Crippen molar-refractivity contribution in [2.75, 3.05) is 11.1 Å². The predicted octanol–water partition coefficient (Wildman–Crippen LogP) is 1.96. The fraction of sp³-hybridized carbons (Fsp3) is 0.231. The van der Waals surface area contributed by atoms with Gasteiger partial charge in [0.05, 0.1) is 17.1 Å². The highest BCUT2D eigenvalue weighted by Gasteiger charge is 2.14. The zero-order valence-electron chi connectivity index (χ0n) is 10.8. The van der Waals surface area contributed by atoms with Crippen LogP contribution < -0.4 is 11.1 Å². The van der Waals surface area contributed by atoms with E-state index in [0.717, 1.165) is 12.1 Å². The molecule has 0 aliphatic rings. The van der Waals surface area contributed by atoms with Gasteiger partial charge in [-0.1, -0.05) is 6.92 Å². The van der Waals surface area contributed by atoms with Gasteiger partial charge in [0.2, 0.25) is 0 Å². The van der Waals surface area contributed by atoms with Crippen molar-refractivity contribution in [3.05, 3.63) is 41.5 Å². The normalized spacial score (nSPS) is 10.5. The number of nitrogen functional groups attached to an aromatic ring is 1. The lowest BCUT2D eigenvalue weighted by Gasteiger charge is -2.08. The van der Waals surface area contributed by atoms with E-state index < -0.39 is 5.82 Å². The van der Waals surface area contributed by atoms with Gasteiger partial charge in [-0.25, -0.2) is 4.39 Å². The Labute approximate surface area is 110 Å². The summed E-state index contributed by atoms with van der Waals surface area (Å²) >= 11 is 0. The van der Waals surface area contributed by atoms with E-state index in [1.165, 1.54) is 22.9 Å². The summed E-state index contributed by atoms with van der Waals surface area (Å²) in [5, 5.41) is 6.76. The van der Waals surface area contributed by atoms with E-state index in [1.54, 1.807) is 13.1 Å². The summed E-state index contributed by atoms with van der Waals surface area (Å²) in [5.41, 5.74) is 7.47. The van der Waals surface area contributed by atoms with Crippen molar-refractivity contribution in [2.45, 2.75) is 13.3 Å². The lowest BCUT2D eigenvalue weighted by molar-refractivity contribution is 0.101. The van der Waals surface area contributed by atoms with E-state index in [0.29, 0.717) is 11.4 Å². The Morgan fingerprint density at radius 1 is 1.47 bits per heavy atom. The Morgan fingerprint density at radius 2 is 2.21 bits per heavy atom. The number of anilines is 2. The third-order valence-corrected chi connectivity index (χ3v) is 2.79. The van der Waals surface area contributed by atoms with E-state index in [-0.39, 0.29) is 11.6 Å². The monoisotopic (exact) mass is 262 g/mol. The van der Waals surface area contributed by atoms with Crippen LogP contribution in [-0.4, -0.2) is 15.7 Å². The fourth-order valence-electron chi connectivity index (χ4n) is 1.74. The number of amides is 1. The number of carbonyl (C=O) groups excluding carboxylic acids is 1. The first kappa shape index (κ1) is 13.1. The Morgan fingerprint density at radius 3 is 2.84 bits per heavy atom. The largest absolute Gasteiger partial charge is 0.397 e. The Hall–Kier alpha value is -2.37. The minimum atomic E-state index is -0.455. The van der Waals surface area contributed by atoms with Crippen LogP contribution in [0.4, 0.5) is 15.8 Å². The van der Waals surface area contributed by atoms with Crippen molar-refractivity contribution in [1.82, 2.24) is 9.78 Å². The highest BCUT2D eigenvalue weighted by molar-refractivity contribution is 6.04. The number of aryl methyl sites for hydroxylation is 2. The summed E-state index contributed by atoms with van der Waals surface area (Å²) in [6.45, 7) is 1.95. The van der Waals surface area contributed by atoms with Crippen LogP contribution >= 0.6 is 0 Å². The molecule has 1 aromatic heterocycles. The third kappa shape index (κ3) is 2.73. The van der Waals surface area contributed by atoms with Crippen molar-refractivity contribution < 1.29 is 9.18 Å². The molecule has 5 nitrogen and oxygen atoms in total. The number of carbonyl (C=O) groups is 1. The highest BCUT2D eigenvalue weighted by Crippen LogP contribution is 2.20. The van der Waals surface area contributed by atoms with Crippen molar-refractivity contribution in [3.63, 3.8) is 0 Å². The quantitative estimate of drug-likeness (QED) is 0.830. The Bertz CT molecular complexity index is 621. The van der Waals surface area contributed by atoms with Crippen LogP contribution in [0.25, 0.3) is 0 Å². The van der Waals surface area contributed by atoms with Crippen LogP contribution in [0.3, 0.4) is 0 Å². The molecule has 0 fully saturated rings. The van der Waals surface area contributed by atoms with Crippen LogP contribution in [0.15, 0.2) is 24.3 Å². The summed E-state index contributed by atoms with van der Waals surface area (Å²) in [4.78, 5) is 12.1. The third-order valence-electron chi connectivity index (χ3n) is 2.79. The molecule has 1 heterocycles. The maximum absolute atomic E-state index is 13.1. The van der Waals surface area contributed by atoms with Crippen molar-refractivity contribution in [1.29, 1.82) is 0 Å². The second-order valence-electron chi connectivity index (χ2n) is 4.18. The molecular formula is C13H15FN4O. The summed E-state index contributed by atoms with van der Waals surface area (Å²) in [6.07, 6.45) is 0.739. The molecule has 2 aromatic rings. The van der Waals surface area contributed by atoms with Gasteiger partial charge >= 0.3 is 0 Å². The summed E-state index contributed by atoms with van der Waals surface area (Å²) in [7, 11) is 1.68. The number of benzene rings is 1. The van der Waals surface area contributed by atoms with E-state index in [4.69, 9.17) is 5.73 Å². The van der Waals surface area contributed by atoms with Crippen molar-refractivity contribution >= 4 is 17.3 Å². The highest BCUT2D eigenvalue weighted by atomic mass is 19.1. The first-order valence-corrected chi connectivity index (χ1v) is 5.90. The topological polar surface area (TPSA) is 72.9 Å². The SMILES string of the molecule is CCc1cc(C(=O)Nc2cc(F)ccc2N)n(C)n1. The number of hydrogen-bond acceptors (Lipinski definition) is 3. The van der Waals surface area contributed by atoms with Gasteiger partial charge in [-0.15, -0.1) is 0 Å².